The van der Waals surface area contributed by atoms with Gasteiger partial charge in [0, 0.05) is 0 Å². The van der Waals surface area contributed by atoms with E-state index in [9.17, 15) is 4.79 Å². The molecular formula is C10H10N4O3. The molecule has 88 valence electrons. The van der Waals surface area contributed by atoms with Crippen molar-refractivity contribution in [1.29, 1.82) is 0 Å². The minimum atomic E-state index is -1.01. The summed E-state index contributed by atoms with van der Waals surface area (Å²) in [5, 5.41) is 15.4. The van der Waals surface area contributed by atoms with Crippen LogP contribution in [0.1, 0.15) is 16.2 Å². The van der Waals surface area contributed by atoms with E-state index in [0.717, 1.165) is 0 Å². The van der Waals surface area contributed by atoms with Gasteiger partial charge in [-0.3, -0.25) is 0 Å². The van der Waals surface area contributed by atoms with E-state index >= 15 is 0 Å². The first-order valence-corrected chi connectivity index (χ1v) is 4.79. The maximum atomic E-state index is 10.8. The second-order valence-electron chi connectivity index (χ2n) is 3.31. The van der Waals surface area contributed by atoms with Crippen molar-refractivity contribution in [3.63, 3.8) is 0 Å². The molecule has 0 aliphatic rings. The van der Waals surface area contributed by atoms with Gasteiger partial charge in [-0.2, -0.15) is 4.98 Å². The molecule has 1 aromatic carbocycles. The molecule has 0 spiro atoms. The number of rotatable bonds is 4. The number of carboxylic acids is 1. The van der Waals surface area contributed by atoms with Crippen LogP contribution in [0, 0.1) is 0 Å². The number of hydrogen-bond donors (Lipinski definition) is 3. The molecule has 0 saturated carbocycles. The topological polar surface area (TPSA) is 114 Å². The molecule has 0 radical (unpaired) electrons. The average Bonchev–Trinajstić information content (AvgIpc) is 2.80. The minimum Gasteiger partial charge on any atom is -0.478 e. The second-order valence-corrected chi connectivity index (χ2v) is 3.31. The number of carboxylic acid groups (broad SMARTS) is 1. The predicted molar refractivity (Wildman–Crippen MR) is 59.4 cm³/mol. The number of nitrogens with two attached hydrogens (primary N) is 1. The van der Waals surface area contributed by atoms with Crippen LogP contribution in [-0.4, -0.2) is 21.2 Å². The first kappa shape index (κ1) is 10.9. The van der Waals surface area contributed by atoms with Crippen LogP contribution < -0.4 is 11.1 Å². The third kappa shape index (κ3) is 2.51. The highest BCUT2D eigenvalue weighted by Crippen LogP contribution is 2.20. The Balaban J connectivity index is 2.14. The van der Waals surface area contributed by atoms with Crippen molar-refractivity contribution in [3.05, 3.63) is 36.0 Å². The molecule has 0 fully saturated rings. The van der Waals surface area contributed by atoms with Gasteiger partial charge in [0.25, 0.3) is 0 Å². The number of nitrogens with zero attached hydrogens (tertiary/aromatic N) is 2. The molecule has 0 amide bonds. The molecule has 17 heavy (non-hydrogen) atoms. The zero-order chi connectivity index (χ0) is 12.3. The molecule has 7 nitrogen and oxygen atoms in total. The smallest absolute Gasteiger partial charge is 0.335 e. The lowest BCUT2D eigenvalue weighted by Gasteiger charge is -2.08. The lowest BCUT2D eigenvalue weighted by Crippen LogP contribution is -2.06. The Labute approximate surface area is 96.2 Å². The molecule has 0 saturated heterocycles. The van der Waals surface area contributed by atoms with Crippen LogP contribution in [0.2, 0.25) is 0 Å². The highest BCUT2D eigenvalue weighted by atomic mass is 16.5. The van der Waals surface area contributed by atoms with E-state index in [1.807, 2.05) is 0 Å². The van der Waals surface area contributed by atoms with E-state index < -0.39 is 5.97 Å². The van der Waals surface area contributed by atoms with E-state index in [4.69, 9.17) is 10.8 Å². The fourth-order valence-corrected chi connectivity index (χ4v) is 1.29. The lowest BCUT2D eigenvalue weighted by molar-refractivity contribution is 0.0697. The summed E-state index contributed by atoms with van der Waals surface area (Å²) in [5.74, 6) is -0.544. The fourth-order valence-electron chi connectivity index (χ4n) is 1.29. The number of aromatic nitrogens is 2. The summed E-state index contributed by atoms with van der Waals surface area (Å²) in [6, 6.07) is 4.43. The molecule has 7 heteroatoms. The minimum absolute atomic E-state index is 0.162. The summed E-state index contributed by atoms with van der Waals surface area (Å²) in [6.45, 7) is 0.309. The van der Waals surface area contributed by atoms with E-state index in [-0.39, 0.29) is 5.56 Å². The zero-order valence-electron chi connectivity index (χ0n) is 8.75. The highest BCUT2D eigenvalue weighted by molar-refractivity contribution is 5.90. The number of nitrogens with one attached hydrogen (secondary N) is 1. The molecule has 0 aliphatic heterocycles. The summed E-state index contributed by atoms with van der Waals surface area (Å²) < 4.78 is 4.57. The molecule has 0 unspecified atom stereocenters. The Hall–Kier alpha value is -2.57. The first-order chi connectivity index (χ1) is 8.16. The third-order valence-electron chi connectivity index (χ3n) is 2.14. The number of anilines is 2. The third-order valence-corrected chi connectivity index (χ3v) is 2.14. The van der Waals surface area contributed by atoms with Gasteiger partial charge in [0.05, 0.1) is 23.5 Å². The summed E-state index contributed by atoms with van der Waals surface area (Å²) >= 11 is 0. The van der Waals surface area contributed by atoms with Gasteiger partial charge >= 0.3 is 5.97 Å². The van der Waals surface area contributed by atoms with Gasteiger partial charge in [0.1, 0.15) is 0 Å². The first-order valence-electron chi connectivity index (χ1n) is 4.79. The lowest BCUT2D eigenvalue weighted by atomic mass is 10.1. The van der Waals surface area contributed by atoms with Gasteiger partial charge < -0.3 is 20.7 Å². The predicted octanol–water partition coefficient (Wildman–Crippen LogP) is 0.962. The van der Waals surface area contributed by atoms with Crippen molar-refractivity contribution in [3.8, 4) is 0 Å². The van der Waals surface area contributed by atoms with Crippen LogP contribution >= 0.6 is 0 Å². The number of carbonyl (C=O) groups is 1. The summed E-state index contributed by atoms with van der Waals surface area (Å²) in [6.07, 6.45) is 1.22. The Morgan fingerprint density at radius 2 is 2.35 bits per heavy atom. The van der Waals surface area contributed by atoms with E-state index in [2.05, 4.69) is 20.0 Å². The van der Waals surface area contributed by atoms with Gasteiger partial charge in [0.15, 0.2) is 5.82 Å². The Bertz CT molecular complexity index is 524. The van der Waals surface area contributed by atoms with Gasteiger partial charge in [0.2, 0.25) is 6.39 Å². The van der Waals surface area contributed by atoms with Gasteiger partial charge in [-0.25, -0.2) is 4.79 Å². The maximum Gasteiger partial charge on any atom is 0.335 e. The van der Waals surface area contributed by atoms with Crippen molar-refractivity contribution < 1.29 is 14.4 Å². The highest BCUT2D eigenvalue weighted by Gasteiger charge is 2.07. The van der Waals surface area contributed by atoms with Gasteiger partial charge in [-0.15, -0.1) is 0 Å². The largest absolute Gasteiger partial charge is 0.478 e. The molecule has 0 aliphatic carbocycles. The number of hydrogen-bond acceptors (Lipinski definition) is 6. The number of aromatic carboxylic acids is 1. The normalized spacial score (nSPS) is 10.1. The molecule has 0 bridgehead atoms. The zero-order valence-corrected chi connectivity index (χ0v) is 8.75. The molecule has 2 aromatic rings. The Kier molecular flexibility index (Phi) is 2.91. The van der Waals surface area contributed by atoms with Gasteiger partial charge in [-0.05, 0) is 18.2 Å². The van der Waals surface area contributed by atoms with Crippen molar-refractivity contribution in [2.45, 2.75) is 6.54 Å². The molecule has 0 atom stereocenters. The fraction of sp³-hybridized carbons (Fsp3) is 0.100. The quantitative estimate of drug-likeness (QED) is 0.675. The summed E-state index contributed by atoms with van der Waals surface area (Å²) in [7, 11) is 0. The van der Waals surface area contributed by atoms with Crippen LogP contribution in [-0.2, 0) is 6.54 Å². The monoisotopic (exact) mass is 234 g/mol. The molecule has 1 heterocycles. The SMILES string of the molecule is Nc1ccc(C(=O)O)cc1NCc1ncon1. The van der Waals surface area contributed by atoms with Crippen LogP contribution in [0.3, 0.4) is 0 Å². The maximum absolute atomic E-state index is 10.8. The van der Waals surface area contributed by atoms with E-state index in [0.29, 0.717) is 23.7 Å². The molecular weight excluding hydrogens is 224 g/mol. The number of benzene rings is 1. The van der Waals surface area contributed by atoms with Crippen LogP contribution in [0.15, 0.2) is 29.1 Å². The van der Waals surface area contributed by atoms with Crippen molar-refractivity contribution in [2.24, 2.45) is 0 Å². The molecule has 2 rings (SSSR count). The van der Waals surface area contributed by atoms with Crippen LogP contribution in [0.25, 0.3) is 0 Å². The molecule has 1 aromatic heterocycles. The standard InChI is InChI=1S/C10H10N4O3/c11-7-2-1-6(10(15)16)3-8(7)12-4-9-13-5-17-14-9/h1-3,5,12H,4,11H2,(H,15,16). The van der Waals surface area contributed by atoms with Crippen molar-refractivity contribution >= 4 is 17.3 Å². The van der Waals surface area contributed by atoms with Gasteiger partial charge in [-0.1, -0.05) is 5.16 Å². The van der Waals surface area contributed by atoms with Crippen molar-refractivity contribution in [2.75, 3.05) is 11.1 Å². The average molecular weight is 234 g/mol. The Morgan fingerprint density at radius 3 is 3.00 bits per heavy atom. The Morgan fingerprint density at radius 1 is 1.53 bits per heavy atom. The summed E-state index contributed by atoms with van der Waals surface area (Å²) in [4.78, 5) is 14.6. The molecule has 4 N–H and O–H groups in total. The van der Waals surface area contributed by atoms with Crippen LogP contribution in [0.5, 0.6) is 0 Å². The summed E-state index contributed by atoms with van der Waals surface area (Å²) in [5.41, 5.74) is 6.85. The number of nitrogen functional groups attached to an aromatic ring is 1. The van der Waals surface area contributed by atoms with E-state index in [1.165, 1.54) is 24.6 Å². The second kappa shape index (κ2) is 4.52. The van der Waals surface area contributed by atoms with Crippen molar-refractivity contribution in [1.82, 2.24) is 10.1 Å². The van der Waals surface area contributed by atoms with Crippen LogP contribution in [0.4, 0.5) is 11.4 Å². The van der Waals surface area contributed by atoms with E-state index in [1.54, 1.807) is 0 Å².